The molecule has 3 unspecified atom stereocenters. The number of alkyl halides is 1. The molecule has 3 atom stereocenters. The van der Waals surface area contributed by atoms with Crippen LogP contribution in [0.1, 0.15) is 84.0 Å². The van der Waals surface area contributed by atoms with E-state index in [2.05, 4.69) is 35.4 Å². The van der Waals surface area contributed by atoms with E-state index in [4.69, 9.17) is 51.9 Å². The summed E-state index contributed by atoms with van der Waals surface area (Å²) in [4.78, 5) is 43.6. The number of hydrogen-bond acceptors (Lipinski definition) is 17. The number of azide groups is 3. The zero-order chi connectivity index (χ0) is 49.3. The van der Waals surface area contributed by atoms with Gasteiger partial charge in [0.1, 0.15) is 18.3 Å². The lowest BCUT2D eigenvalue weighted by Gasteiger charge is -2.23. The van der Waals surface area contributed by atoms with E-state index in [1.165, 1.54) is 26.0 Å². The van der Waals surface area contributed by atoms with Crippen LogP contribution in [-0.4, -0.2) is 169 Å². The summed E-state index contributed by atoms with van der Waals surface area (Å²) in [6.45, 7) is 3.71. The number of ether oxygens (including phenoxy) is 5. The van der Waals surface area contributed by atoms with Crippen LogP contribution in [0, 0.1) is 0 Å². The van der Waals surface area contributed by atoms with Crippen LogP contribution in [0.3, 0.4) is 0 Å². The minimum Gasteiger partial charge on any atom is -0.461 e. The van der Waals surface area contributed by atoms with Crippen molar-refractivity contribution >= 4 is 59.3 Å². The first-order chi connectivity index (χ1) is 30.1. The van der Waals surface area contributed by atoms with E-state index in [0.717, 1.165) is 57.3 Å². The van der Waals surface area contributed by atoms with Crippen molar-refractivity contribution in [2.75, 3.05) is 102 Å². The first kappa shape index (κ1) is 64.3. The smallest absolute Gasteiger partial charge is 0.411 e. The van der Waals surface area contributed by atoms with Crippen molar-refractivity contribution in [1.82, 2.24) is 10.2 Å². The van der Waals surface area contributed by atoms with Gasteiger partial charge in [-0.2, -0.15) is 0 Å². The average molecular weight is 999 g/mol. The lowest BCUT2D eigenvalue weighted by atomic mass is 10.1. The summed E-state index contributed by atoms with van der Waals surface area (Å²) in [6, 6.07) is -0.0695. The number of unbranched alkanes of at least 4 members (excludes halogenated alkanes) is 6. The molecule has 2 amide bonds. The average Bonchev–Trinajstić information content (AvgIpc) is 3.17. The predicted octanol–water partition coefficient (Wildman–Crippen LogP) is 6.03. The molecule has 0 bridgehead atoms. The van der Waals surface area contributed by atoms with Gasteiger partial charge in [-0.05, 0) is 74.4 Å². The molecule has 0 fully saturated rings. The van der Waals surface area contributed by atoms with Gasteiger partial charge in [-0.1, -0.05) is 34.6 Å². The summed E-state index contributed by atoms with van der Waals surface area (Å²) in [5, 5.41) is 12.7. The molecule has 0 aliphatic rings. The van der Waals surface area contributed by atoms with Gasteiger partial charge >= 0.3 is 18.2 Å². The number of methoxy groups -OCH3 is 2. The molecule has 0 heterocycles. The molecule has 0 aliphatic carbocycles. The zero-order valence-corrected chi connectivity index (χ0v) is 41.0. The van der Waals surface area contributed by atoms with Gasteiger partial charge in [0.25, 0.3) is 0 Å². The number of hydrogen-bond donors (Lipinski definition) is 1. The third kappa shape index (κ3) is 49.0. The summed E-state index contributed by atoms with van der Waals surface area (Å²) < 4.78 is 93.1. The molecule has 0 aliphatic heterocycles. The molecule has 0 saturated carbocycles. The molecule has 0 aromatic heterocycles. The molecule has 0 aromatic carbocycles. The van der Waals surface area contributed by atoms with Gasteiger partial charge in [-0.3, -0.25) is 9.69 Å². The predicted molar refractivity (Wildman–Crippen MR) is 242 cm³/mol. The summed E-state index contributed by atoms with van der Waals surface area (Å²) in [6.07, 6.45) is 7.93. The number of halogens is 1. The molecule has 29 heteroatoms. The van der Waals surface area contributed by atoms with E-state index in [1.54, 1.807) is 0 Å². The van der Waals surface area contributed by atoms with Crippen LogP contribution in [0.4, 0.5) is 9.59 Å². The summed E-state index contributed by atoms with van der Waals surface area (Å²) in [5.74, 6) is -1.07. The Bertz CT molecular complexity index is 1780. The van der Waals surface area contributed by atoms with E-state index in [-0.39, 0.29) is 29.8 Å². The highest BCUT2D eigenvalue weighted by atomic mass is 35.5. The van der Waals surface area contributed by atoms with Crippen molar-refractivity contribution in [3.63, 3.8) is 0 Å². The fraction of sp³-hybridized carbons (Fsp3) is 0.914. The van der Waals surface area contributed by atoms with Crippen LogP contribution in [0.25, 0.3) is 31.3 Å². The Kier molecular flexibility index (Phi) is 40.7. The maximum Gasteiger partial charge on any atom is 0.411 e. The molecule has 25 nitrogen and oxygen atoms in total. The van der Waals surface area contributed by atoms with E-state index < -0.39 is 66.0 Å². The van der Waals surface area contributed by atoms with Crippen LogP contribution < -0.4 is 5.32 Å². The van der Waals surface area contributed by atoms with Gasteiger partial charge in [-0.15, -0.1) is 11.6 Å². The number of rotatable bonds is 34. The fourth-order valence-corrected chi connectivity index (χ4v) is 8.12. The third-order valence-corrected chi connectivity index (χ3v) is 11.1. The summed E-state index contributed by atoms with van der Waals surface area (Å²) in [5.41, 5.74) is 24.4. The number of alkyl carbamates (subject to hydrolysis) is 1. The second-order valence-electron chi connectivity index (χ2n) is 14.2. The molecular weight excluding hydrogens is 930 g/mol. The molecule has 0 radical (unpaired) electrons. The molecular formula is C35H68ClN11O14S3. The monoisotopic (exact) mass is 997 g/mol. The lowest BCUT2D eigenvalue weighted by Crippen LogP contribution is -2.37. The molecule has 64 heavy (non-hydrogen) atoms. The van der Waals surface area contributed by atoms with Crippen LogP contribution in [-0.2, 0) is 58.0 Å². The second kappa shape index (κ2) is 40.5. The van der Waals surface area contributed by atoms with Crippen molar-refractivity contribution in [2.24, 2.45) is 15.3 Å². The first-order valence-electron chi connectivity index (χ1n) is 20.2. The Labute approximate surface area is 382 Å². The molecule has 0 rings (SSSR count). The highest BCUT2D eigenvalue weighted by molar-refractivity contribution is 7.91. The third-order valence-electron chi connectivity index (χ3n) is 7.93. The van der Waals surface area contributed by atoms with Gasteiger partial charge in [-0.25, -0.2) is 34.8 Å². The SMILES string of the molecule is CC(=O)OC(CCCCCN=[N+]=[N-])CS(C)(=O)=O.COCCN(CCl)C(=O)OC(CCCCCN=[N+]=[N-])CS(C)(=O)=O.COCCNC(=O)OC(CCCCCN=[N+]=[N-])CS(C)(=O)=O. The Morgan fingerprint density at radius 2 is 0.984 bits per heavy atom. The minimum atomic E-state index is -3.29. The largest absolute Gasteiger partial charge is 0.461 e. The maximum absolute atomic E-state index is 12.1. The van der Waals surface area contributed by atoms with E-state index in [1.807, 2.05) is 0 Å². The van der Waals surface area contributed by atoms with Gasteiger partial charge in [0.05, 0.1) is 36.5 Å². The van der Waals surface area contributed by atoms with Crippen molar-refractivity contribution in [3.05, 3.63) is 31.3 Å². The number of nitrogens with zero attached hydrogens (tertiary/aromatic N) is 10. The first-order valence-corrected chi connectivity index (χ1v) is 27.0. The van der Waals surface area contributed by atoms with Gasteiger partial charge < -0.3 is 29.0 Å². The molecule has 1 N–H and O–H groups in total. The van der Waals surface area contributed by atoms with Crippen LogP contribution >= 0.6 is 11.6 Å². The molecule has 372 valence electrons. The van der Waals surface area contributed by atoms with Crippen molar-refractivity contribution in [2.45, 2.75) is 102 Å². The number of carbonyl (C=O) groups is 3. The quantitative estimate of drug-likeness (QED) is 0.0112. The topological polar surface area (TPSA) is 361 Å². The molecule has 0 aromatic rings. The number of amides is 2. The minimum absolute atomic E-state index is 0.0695. The molecule has 0 saturated heterocycles. The Balaban J connectivity index is -0.000000881. The highest BCUT2D eigenvalue weighted by Crippen LogP contribution is 2.13. The van der Waals surface area contributed by atoms with E-state index >= 15 is 0 Å². The normalized spacial score (nSPS) is 12.4. The van der Waals surface area contributed by atoms with Crippen LogP contribution in [0.2, 0.25) is 0 Å². The molecule has 0 spiro atoms. The van der Waals surface area contributed by atoms with E-state index in [0.29, 0.717) is 77.9 Å². The van der Waals surface area contributed by atoms with Crippen LogP contribution in [0.15, 0.2) is 15.3 Å². The van der Waals surface area contributed by atoms with Crippen molar-refractivity contribution < 1.29 is 63.3 Å². The standard InChI is InChI=1S/C13H25ClN4O5S.C12H24N4O5S.C10H19N3O4S/c1-22-9-8-18(11-14)13(19)23-12(10-24(2,20)21)6-4-3-5-7-16-17-15;1-20-9-8-14-12(17)21-11(10-22(2,18)19)6-4-3-5-7-15-16-13;1-9(14)17-10(8-18(2,15)16)6-4-3-5-7-12-13-11/h12H,3-11H2,1-2H3;11H,3-10H2,1-2H3,(H,14,17);10H,3-8H2,1-2H3. The van der Waals surface area contributed by atoms with Crippen molar-refractivity contribution in [3.8, 4) is 0 Å². The second-order valence-corrected chi connectivity index (χ2v) is 21.0. The number of sulfone groups is 3. The number of nitrogens with one attached hydrogen (secondary N) is 1. The van der Waals surface area contributed by atoms with Gasteiger partial charge in [0, 0.05) is 87.4 Å². The van der Waals surface area contributed by atoms with Crippen LogP contribution in [0.5, 0.6) is 0 Å². The lowest BCUT2D eigenvalue weighted by molar-refractivity contribution is -0.145. The van der Waals surface area contributed by atoms with E-state index in [9.17, 15) is 39.6 Å². The summed E-state index contributed by atoms with van der Waals surface area (Å²) in [7, 11) is -6.69. The van der Waals surface area contributed by atoms with Gasteiger partial charge in [0.15, 0.2) is 29.5 Å². The number of esters is 1. The zero-order valence-electron chi connectivity index (χ0n) is 37.8. The Morgan fingerprint density at radius 3 is 1.31 bits per heavy atom. The fourth-order valence-electron chi connectivity index (χ4n) is 5.17. The Morgan fingerprint density at radius 1 is 0.609 bits per heavy atom. The maximum atomic E-state index is 12.1. The van der Waals surface area contributed by atoms with Gasteiger partial charge in [0.2, 0.25) is 0 Å². The summed E-state index contributed by atoms with van der Waals surface area (Å²) >= 11 is 5.70. The number of carbonyl (C=O) groups excluding carboxylic acids is 3. The Hall–Kier alpha value is -4.00. The van der Waals surface area contributed by atoms with Crippen molar-refractivity contribution in [1.29, 1.82) is 0 Å². The highest BCUT2D eigenvalue weighted by Gasteiger charge is 2.23.